The number of allylic oxidation sites excluding steroid dienone is 4. The SMILES string of the molecule is CCCCCCCC/C=C/CCCCCCCCCC(=O)N[C@@H](COP(=O)([O-])OCC[N+](C)(C)C)[C@H](O)CCCC/C=C/CCCCCCCCCCCCC. The highest BCUT2D eigenvalue weighted by atomic mass is 31.2. The van der Waals surface area contributed by atoms with E-state index in [0.717, 1.165) is 44.9 Å². The molecule has 3 atom stereocenters. The van der Waals surface area contributed by atoms with Gasteiger partial charge in [0.25, 0.3) is 7.82 Å². The molecule has 0 aliphatic heterocycles. The molecule has 0 aliphatic carbocycles. The highest BCUT2D eigenvalue weighted by Gasteiger charge is 2.24. The quantitative estimate of drug-likeness (QED) is 0.0275. The normalized spacial score (nSPS) is 14.5. The molecule has 0 spiro atoms. The Labute approximate surface area is 347 Å². The van der Waals surface area contributed by atoms with E-state index in [1.807, 2.05) is 21.1 Å². The second kappa shape index (κ2) is 39.4. The zero-order valence-corrected chi connectivity index (χ0v) is 38.5. The average molecular weight is 813 g/mol. The van der Waals surface area contributed by atoms with Gasteiger partial charge in [-0.1, -0.05) is 173 Å². The molecule has 1 amide bonds. The van der Waals surface area contributed by atoms with Crippen LogP contribution in [0.2, 0.25) is 0 Å². The number of quaternary nitrogens is 1. The number of likely N-dealkylation sites (N-methyl/N-ethyl adjacent to an activating group) is 1. The third-order valence-electron chi connectivity index (χ3n) is 10.7. The molecule has 0 heterocycles. The molecule has 0 radical (unpaired) electrons. The molecule has 0 aliphatic rings. The van der Waals surface area contributed by atoms with Crippen molar-refractivity contribution < 1.29 is 32.9 Å². The van der Waals surface area contributed by atoms with Crippen LogP contribution in [0.4, 0.5) is 0 Å². The number of rotatable bonds is 43. The van der Waals surface area contributed by atoms with Crippen molar-refractivity contribution >= 4 is 13.7 Å². The second-order valence-electron chi connectivity index (χ2n) is 17.5. The predicted octanol–water partition coefficient (Wildman–Crippen LogP) is 12.7. The Morgan fingerprint density at radius 1 is 0.607 bits per heavy atom. The van der Waals surface area contributed by atoms with Crippen LogP contribution >= 0.6 is 7.82 Å². The zero-order chi connectivity index (χ0) is 41.4. The minimum Gasteiger partial charge on any atom is -0.756 e. The molecule has 0 rings (SSSR count). The van der Waals surface area contributed by atoms with Gasteiger partial charge in [0.05, 0.1) is 39.9 Å². The molecule has 1 unspecified atom stereocenters. The predicted molar refractivity (Wildman–Crippen MR) is 238 cm³/mol. The summed E-state index contributed by atoms with van der Waals surface area (Å²) in [5.74, 6) is -0.178. The van der Waals surface area contributed by atoms with Crippen molar-refractivity contribution in [3.8, 4) is 0 Å². The van der Waals surface area contributed by atoms with Crippen LogP contribution in [0, 0.1) is 0 Å². The van der Waals surface area contributed by atoms with Crippen molar-refractivity contribution in [2.45, 2.75) is 231 Å². The first-order valence-corrected chi connectivity index (χ1v) is 25.1. The average Bonchev–Trinajstić information content (AvgIpc) is 3.15. The van der Waals surface area contributed by atoms with Crippen LogP contribution in [0.3, 0.4) is 0 Å². The number of aliphatic hydroxyl groups excluding tert-OH is 1. The summed E-state index contributed by atoms with van der Waals surface area (Å²) in [5, 5.41) is 13.9. The number of amides is 1. The van der Waals surface area contributed by atoms with Crippen molar-refractivity contribution in [3.63, 3.8) is 0 Å². The van der Waals surface area contributed by atoms with E-state index in [9.17, 15) is 19.4 Å². The number of carbonyl (C=O) groups is 1. The number of phosphoric ester groups is 1. The number of nitrogens with zero attached hydrogens (tertiary/aromatic N) is 1. The molecule has 0 saturated carbocycles. The molecule has 0 saturated heterocycles. The Morgan fingerprint density at radius 3 is 1.39 bits per heavy atom. The third-order valence-corrected chi connectivity index (χ3v) is 11.6. The smallest absolute Gasteiger partial charge is 0.268 e. The van der Waals surface area contributed by atoms with Gasteiger partial charge >= 0.3 is 0 Å². The van der Waals surface area contributed by atoms with E-state index in [1.165, 1.54) is 148 Å². The van der Waals surface area contributed by atoms with Crippen LogP contribution in [0.15, 0.2) is 24.3 Å². The van der Waals surface area contributed by atoms with Gasteiger partial charge in [-0.25, -0.2) is 0 Å². The van der Waals surface area contributed by atoms with E-state index in [-0.39, 0.29) is 19.1 Å². The lowest BCUT2D eigenvalue weighted by atomic mass is 10.0. The lowest BCUT2D eigenvalue weighted by Crippen LogP contribution is -2.46. The molecule has 0 fully saturated rings. The van der Waals surface area contributed by atoms with Crippen LogP contribution in [-0.2, 0) is 18.4 Å². The van der Waals surface area contributed by atoms with E-state index < -0.39 is 20.0 Å². The fourth-order valence-corrected chi connectivity index (χ4v) is 7.58. The number of unbranched alkanes of at least 4 members (excludes halogenated alkanes) is 26. The standard InChI is InChI=1S/C47H93N2O6P/c1-6-8-10-12-14-16-18-20-22-24-26-28-30-32-34-36-38-40-46(50)45(44-55-56(52,53)54-43-42-49(3,4)5)48-47(51)41-39-37-35-33-31-29-27-25-23-21-19-17-15-13-11-9-7-2/h21,23,30,32,45-46,50H,6-20,22,24-29,31,33-44H2,1-5H3,(H-,48,51,52,53)/b23-21+,32-30+/t45-,46+/m0/s1. The minimum absolute atomic E-state index is 0.00693. The summed E-state index contributed by atoms with van der Waals surface area (Å²) < 4.78 is 23.3. The molecule has 56 heavy (non-hydrogen) atoms. The van der Waals surface area contributed by atoms with Gasteiger partial charge in [0.15, 0.2) is 0 Å². The Kier molecular flexibility index (Phi) is 38.7. The van der Waals surface area contributed by atoms with Crippen LogP contribution in [-0.4, -0.2) is 68.5 Å². The van der Waals surface area contributed by atoms with Crippen LogP contribution < -0.4 is 10.2 Å². The number of aliphatic hydroxyl groups is 1. The highest BCUT2D eigenvalue weighted by molar-refractivity contribution is 7.45. The largest absolute Gasteiger partial charge is 0.756 e. The molecule has 9 heteroatoms. The van der Waals surface area contributed by atoms with Crippen LogP contribution in [0.5, 0.6) is 0 Å². The highest BCUT2D eigenvalue weighted by Crippen LogP contribution is 2.38. The van der Waals surface area contributed by atoms with Crippen molar-refractivity contribution in [1.82, 2.24) is 5.32 Å². The fraction of sp³-hybridized carbons (Fsp3) is 0.894. The minimum atomic E-state index is -4.57. The van der Waals surface area contributed by atoms with Crippen molar-refractivity contribution in [1.29, 1.82) is 0 Å². The Bertz CT molecular complexity index is 969. The maximum absolute atomic E-state index is 12.9. The van der Waals surface area contributed by atoms with Gasteiger partial charge < -0.3 is 28.8 Å². The molecule has 332 valence electrons. The van der Waals surface area contributed by atoms with Gasteiger partial charge in [0, 0.05) is 6.42 Å². The number of nitrogens with one attached hydrogen (secondary N) is 1. The molecular formula is C47H93N2O6P. The molecule has 2 N–H and O–H groups in total. The van der Waals surface area contributed by atoms with Crippen molar-refractivity contribution in [2.24, 2.45) is 0 Å². The van der Waals surface area contributed by atoms with Gasteiger partial charge in [-0.15, -0.1) is 0 Å². The third kappa shape index (κ3) is 41.2. The zero-order valence-electron chi connectivity index (χ0n) is 37.6. The van der Waals surface area contributed by atoms with E-state index in [1.54, 1.807) is 0 Å². The second-order valence-corrected chi connectivity index (χ2v) is 18.9. The lowest BCUT2D eigenvalue weighted by molar-refractivity contribution is -0.870. The Hall–Kier alpha value is -1.02. The summed E-state index contributed by atoms with van der Waals surface area (Å²) in [6.45, 7) is 4.70. The van der Waals surface area contributed by atoms with E-state index in [0.29, 0.717) is 23.9 Å². The summed E-state index contributed by atoms with van der Waals surface area (Å²) in [5.41, 5.74) is 0. The first-order valence-electron chi connectivity index (χ1n) is 23.7. The maximum Gasteiger partial charge on any atom is 0.268 e. The summed E-state index contributed by atoms with van der Waals surface area (Å²) in [7, 11) is 1.29. The van der Waals surface area contributed by atoms with E-state index in [4.69, 9.17) is 9.05 Å². The number of hydrogen-bond acceptors (Lipinski definition) is 6. The van der Waals surface area contributed by atoms with Gasteiger partial charge in [0.1, 0.15) is 13.2 Å². The first kappa shape index (κ1) is 55.0. The number of hydrogen-bond donors (Lipinski definition) is 2. The van der Waals surface area contributed by atoms with Gasteiger partial charge in [-0.3, -0.25) is 9.36 Å². The molecule has 0 bridgehead atoms. The van der Waals surface area contributed by atoms with Crippen LogP contribution in [0.1, 0.15) is 219 Å². The molecule has 0 aromatic rings. The number of carbonyl (C=O) groups excluding carboxylic acids is 1. The summed E-state index contributed by atoms with van der Waals surface area (Å²) in [6.07, 6.45) is 46.1. The van der Waals surface area contributed by atoms with Crippen molar-refractivity contribution in [3.05, 3.63) is 24.3 Å². The lowest BCUT2D eigenvalue weighted by Gasteiger charge is -2.30. The van der Waals surface area contributed by atoms with Gasteiger partial charge in [0.2, 0.25) is 5.91 Å². The Balaban J connectivity index is 4.37. The summed E-state index contributed by atoms with van der Waals surface area (Å²) >= 11 is 0. The monoisotopic (exact) mass is 813 g/mol. The van der Waals surface area contributed by atoms with E-state index in [2.05, 4.69) is 43.5 Å². The molecule has 0 aromatic carbocycles. The molecular weight excluding hydrogens is 719 g/mol. The summed E-state index contributed by atoms with van der Waals surface area (Å²) in [6, 6.07) is -0.816. The summed E-state index contributed by atoms with van der Waals surface area (Å²) in [4.78, 5) is 25.4. The van der Waals surface area contributed by atoms with E-state index >= 15 is 0 Å². The topological polar surface area (TPSA) is 108 Å². The van der Waals surface area contributed by atoms with Gasteiger partial charge in [-0.2, -0.15) is 0 Å². The maximum atomic E-state index is 12.9. The van der Waals surface area contributed by atoms with Crippen molar-refractivity contribution in [2.75, 3.05) is 40.9 Å². The van der Waals surface area contributed by atoms with Gasteiger partial charge in [-0.05, 0) is 64.2 Å². The first-order chi connectivity index (χ1) is 27.0. The van der Waals surface area contributed by atoms with Crippen LogP contribution in [0.25, 0.3) is 0 Å². The molecule has 0 aromatic heterocycles. The Morgan fingerprint density at radius 2 is 0.982 bits per heavy atom. The molecule has 8 nitrogen and oxygen atoms in total. The fourth-order valence-electron chi connectivity index (χ4n) is 6.85. The number of phosphoric acid groups is 1.